The fourth-order valence-corrected chi connectivity index (χ4v) is 2.87. The van der Waals surface area contributed by atoms with E-state index in [1.54, 1.807) is 13.0 Å². The van der Waals surface area contributed by atoms with Crippen molar-refractivity contribution in [2.24, 2.45) is 0 Å². The summed E-state index contributed by atoms with van der Waals surface area (Å²) in [5, 5.41) is 9.49. The molecule has 0 aliphatic rings. The normalized spacial score (nSPS) is 11.0. The molecule has 1 aromatic rings. The van der Waals surface area contributed by atoms with Crippen molar-refractivity contribution < 1.29 is 22.7 Å². The standard InChI is InChI=1S/C13H11BrF3NO2S/c1-2-20-12(19)5-9-8(6-14)3-4-11(10(9)7-18)21-13(15,16)17/h3-4H,2,5-6H2,1H3. The summed E-state index contributed by atoms with van der Waals surface area (Å²) in [5.41, 5.74) is -3.78. The van der Waals surface area contributed by atoms with Crippen LogP contribution < -0.4 is 0 Å². The number of nitriles is 1. The molecule has 0 fully saturated rings. The number of alkyl halides is 4. The molecule has 0 amide bonds. The molecule has 0 saturated carbocycles. The molecule has 0 radical (unpaired) electrons. The predicted octanol–water partition coefficient (Wildman–Crippen LogP) is 4.17. The van der Waals surface area contributed by atoms with Crippen LogP contribution in [0.5, 0.6) is 0 Å². The van der Waals surface area contributed by atoms with Gasteiger partial charge in [-0.15, -0.1) is 0 Å². The third-order valence-corrected chi connectivity index (χ3v) is 3.88. The fraction of sp³-hybridized carbons (Fsp3) is 0.385. The minimum Gasteiger partial charge on any atom is -0.466 e. The first-order chi connectivity index (χ1) is 9.82. The predicted molar refractivity (Wildman–Crippen MR) is 76.0 cm³/mol. The van der Waals surface area contributed by atoms with Crippen molar-refractivity contribution in [2.45, 2.75) is 29.1 Å². The number of thioether (sulfide) groups is 1. The van der Waals surface area contributed by atoms with E-state index in [9.17, 15) is 18.0 Å². The van der Waals surface area contributed by atoms with Crippen LogP contribution in [0.3, 0.4) is 0 Å². The largest absolute Gasteiger partial charge is 0.466 e. The molecule has 114 valence electrons. The molecule has 1 aromatic carbocycles. The Morgan fingerprint density at radius 3 is 2.62 bits per heavy atom. The number of hydrogen-bond donors (Lipinski definition) is 0. The lowest BCUT2D eigenvalue weighted by atomic mass is 10.00. The molecule has 8 heteroatoms. The van der Waals surface area contributed by atoms with Gasteiger partial charge in [0.05, 0.1) is 18.6 Å². The molecule has 0 bridgehead atoms. The lowest BCUT2D eigenvalue weighted by Crippen LogP contribution is -2.11. The topological polar surface area (TPSA) is 50.1 Å². The maximum Gasteiger partial charge on any atom is 0.446 e. The molecule has 1 rings (SSSR count). The van der Waals surface area contributed by atoms with Gasteiger partial charge in [-0.1, -0.05) is 22.0 Å². The third-order valence-electron chi connectivity index (χ3n) is 2.48. The van der Waals surface area contributed by atoms with Crippen LogP contribution in [0.2, 0.25) is 0 Å². The molecule has 21 heavy (non-hydrogen) atoms. The van der Waals surface area contributed by atoms with Crippen molar-refractivity contribution in [3.05, 3.63) is 28.8 Å². The Balaban J connectivity index is 3.27. The van der Waals surface area contributed by atoms with Gasteiger partial charge in [0.1, 0.15) is 6.07 Å². The molecular weight excluding hydrogens is 371 g/mol. The van der Waals surface area contributed by atoms with Crippen molar-refractivity contribution in [1.82, 2.24) is 0 Å². The summed E-state index contributed by atoms with van der Waals surface area (Å²) in [6.07, 6.45) is -0.232. The van der Waals surface area contributed by atoms with Crippen LogP contribution in [0.15, 0.2) is 17.0 Å². The van der Waals surface area contributed by atoms with Gasteiger partial charge in [0.2, 0.25) is 0 Å². The minimum absolute atomic E-state index is 0.137. The molecule has 0 unspecified atom stereocenters. The molecular formula is C13H11BrF3NO2S. The molecule has 0 aliphatic carbocycles. The van der Waals surface area contributed by atoms with E-state index < -0.39 is 11.5 Å². The van der Waals surface area contributed by atoms with Gasteiger partial charge in [0.15, 0.2) is 0 Å². The molecule has 0 saturated heterocycles. The van der Waals surface area contributed by atoms with Gasteiger partial charge < -0.3 is 4.74 Å². The van der Waals surface area contributed by atoms with Gasteiger partial charge in [-0.2, -0.15) is 18.4 Å². The number of esters is 1. The number of halogens is 4. The SMILES string of the molecule is CCOC(=O)Cc1c(CBr)ccc(SC(F)(F)F)c1C#N. The Bertz CT molecular complexity index is 570. The lowest BCUT2D eigenvalue weighted by Gasteiger charge is -2.14. The average Bonchev–Trinajstić information content (AvgIpc) is 2.37. The highest BCUT2D eigenvalue weighted by atomic mass is 79.9. The van der Waals surface area contributed by atoms with Crippen LogP contribution in [-0.4, -0.2) is 18.1 Å². The Hall–Kier alpha value is -1.20. The van der Waals surface area contributed by atoms with E-state index in [0.29, 0.717) is 10.9 Å². The first-order valence-corrected chi connectivity index (χ1v) is 7.78. The first kappa shape index (κ1) is 17.9. The van der Waals surface area contributed by atoms with Crippen LogP contribution in [0, 0.1) is 11.3 Å². The van der Waals surface area contributed by atoms with E-state index in [0.717, 1.165) is 0 Å². The second kappa shape index (κ2) is 7.71. The number of carbonyl (C=O) groups is 1. The van der Waals surface area contributed by atoms with Crippen LogP contribution >= 0.6 is 27.7 Å². The molecule has 0 heterocycles. The fourth-order valence-electron chi connectivity index (χ4n) is 1.69. The van der Waals surface area contributed by atoms with E-state index >= 15 is 0 Å². The van der Waals surface area contributed by atoms with Crippen molar-refractivity contribution in [3.63, 3.8) is 0 Å². The van der Waals surface area contributed by atoms with Crippen LogP contribution in [0.25, 0.3) is 0 Å². The quantitative estimate of drug-likeness (QED) is 0.436. The Morgan fingerprint density at radius 2 is 2.14 bits per heavy atom. The van der Waals surface area contributed by atoms with Crippen molar-refractivity contribution >= 4 is 33.7 Å². The number of rotatable bonds is 5. The van der Waals surface area contributed by atoms with E-state index in [4.69, 9.17) is 10.00 Å². The van der Waals surface area contributed by atoms with Crippen molar-refractivity contribution in [3.8, 4) is 6.07 Å². The summed E-state index contributed by atoms with van der Waals surface area (Å²) in [4.78, 5) is 11.4. The highest BCUT2D eigenvalue weighted by Crippen LogP contribution is 2.40. The van der Waals surface area contributed by atoms with Gasteiger partial charge in [0.25, 0.3) is 0 Å². The monoisotopic (exact) mass is 381 g/mol. The van der Waals surface area contributed by atoms with Crippen LogP contribution in [0.1, 0.15) is 23.6 Å². The second-order valence-corrected chi connectivity index (χ2v) is 5.52. The van der Waals surface area contributed by atoms with Crippen molar-refractivity contribution in [2.75, 3.05) is 6.61 Å². The number of hydrogen-bond acceptors (Lipinski definition) is 4. The zero-order valence-electron chi connectivity index (χ0n) is 11.0. The van der Waals surface area contributed by atoms with Gasteiger partial charge in [-0.05, 0) is 35.9 Å². The van der Waals surface area contributed by atoms with Crippen LogP contribution in [-0.2, 0) is 21.3 Å². The summed E-state index contributed by atoms with van der Waals surface area (Å²) in [7, 11) is 0. The zero-order chi connectivity index (χ0) is 16.0. The minimum atomic E-state index is -4.50. The first-order valence-electron chi connectivity index (χ1n) is 5.84. The molecule has 0 atom stereocenters. The number of benzene rings is 1. The molecule has 3 nitrogen and oxygen atoms in total. The van der Waals surface area contributed by atoms with E-state index in [2.05, 4.69) is 15.9 Å². The van der Waals surface area contributed by atoms with Gasteiger partial charge in [0, 0.05) is 10.2 Å². The highest BCUT2D eigenvalue weighted by molar-refractivity contribution is 9.08. The number of nitrogens with zero attached hydrogens (tertiary/aromatic N) is 1. The molecule has 0 aromatic heterocycles. The number of ether oxygens (including phenoxy) is 1. The highest BCUT2D eigenvalue weighted by Gasteiger charge is 2.31. The van der Waals surface area contributed by atoms with Crippen molar-refractivity contribution in [1.29, 1.82) is 5.26 Å². The van der Waals surface area contributed by atoms with Crippen LogP contribution in [0.4, 0.5) is 13.2 Å². The van der Waals surface area contributed by atoms with Gasteiger partial charge in [-0.25, -0.2) is 0 Å². The third kappa shape index (κ3) is 5.25. The summed E-state index contributed by atoms with van der Waals surface area (Å²) >= 11 is 2.83. The Morgan fingerprint density at radius 1 is 1.48 bits per heavy atom. The average molecular weight is 382 g/mol. The number of carbonyl (C=O) groups excluding carboxylic acids is 1. The van der Waals surface area contributed by atoms with E-state index in [-0.39, 0.29) is 40.8 Å². The molecule has 0 spiro atoms. The zero-order valence-corrected chi connectivity index (χ0v) is 13.4. The smallest absolute Gasteiger partial charge is 0.446 e. The lowest BCUT2D eigenvalue weighted by molar-refractivity contribution is -0.142. The maximum absolute atomic E-state index is 12.5. The molecule has 0 aliphatic heterocycles. The summed E-state index contributed by atoms with van der Waals surface area (Å²) in [6.45, 7) is 1.80. The summed E-state index contributed by atoms with van der Waals surface area (Å²) in [5.74, 6) is -0.578. The Labute approximate surface area is 132 Å². The summed E-state index contributed by atoms with van der Waals surface area (Å²) < 4.78 is 42.3. The van der Waals surface area contributed by atoms with E-state index in [1.165, 1.54) is 12.1 Å². The van der Waals surface area contributed by atoms with Gasteiger partial charge >= 0.3 is 11.5 Å². The summed E-state index contributed by atoms with van der Waals surface area (Å²) in [6, 6.07) is 4.47. The Kier molecular flexibility index (Phi) is 6.55. The molecule has 0 N–H and O–H groups in total. The van der Waals surface area contributed by atoms with Gasteiger partial charge in [-0.3, -0.25) is 4.79 Å². The second-order valence-electron chi connectivity index (χ2n) is 3.85. The maximum atomic E-state index is 12.5. The van der Waals surface area contributed by atoms with E-state index in [1.807, 2.05) is 0 Å².